The van der Waals surface area contributed by atoms with Crippen LogP contribution in [0, 0.1) is 0 Å². The molecule has 1 aliphatic heterocycles. The average Bonchev–Trinajstić information content (AvgIpc) is 3.27. The van der Waals surface area contributed by atoms with Gasteiger partial charge in [-0.2, -0.15) is 4.31 Å². The number of imidazole rings is 1. The highest BCUT2D eigenvalue weighted by atomic mass is 32.2. The Hall–Kier alpha value is -3.20. The molecule has 1 saturated heterocycles. The Bertz CT molecular complexity index is 1430. The van der Waals surface area contributed by atoms with E-state index in [0.29, 0.717) is 32.7 Å². The first-order valence-electron chi connectivity index (χ1n) is 11.9. The Morgan fingerprint density at radius 2 is 1.63 bits per heavy atom. The highest BCUT2D eigenvalue weighted by Gasteiger charge is 2.27. The third-order valence-corrected chi connectivity index (χ3v) is 8.51. The molecular weight excluding hydrogens is 460 g/mol. The molecule has 5 rings (SSSR count). The molecule has 2 aromatic carbocycles. The smallest absolute Gasteiger partial charge is 0.213 e. The van der Waals surface area contributed by atoms with Crippen LogP contribution < -0.4 is 4.74 Å². The first-order valence-corrected chi connectivity index (χ1v) is 13.5. The van der Waals surface area contributed by atoms with Crippen molar-refractivity contribution in [2.24, 2.45) is 0 Å². The second kappa shape index (κ2) is 9.81. The lowest BCUT2D eigenvalue weighted by Gasteiger charge is -2.33. The number of piperazine rings is 1. The van der Waals surface area contributed by atoms with Gasteiger partial charge in [0.15, 0.2) is 0 Å². The van der Waals surface area contributed by atoms with E-state index in [1.807, 2.05) is 36.4 Å². The quantitative estimate of drug-likeness (QED) is 0.390. The first kappa shape index (κ1) is 23.5. The van der Waals surface area contributed by atoms with Crippen LogP contribution in [-0.2, 0) is 16.6 Å². The molecule has 7 nitrogen and oxygen atoms in total. The SMILES string of the molecule is CCS(=O)(=O)N1CCN(Cc2c(-c3cccc(OC)c3)nc3ccc(-c4ccccc4)cn23)CC1. The Morgan fingerprint density at radius 3 is 2.34 bits per heavy atom. The van der Waals surface area contributed by atoms with Crippen molar-refractivity contribution < 1.29 is 13.2 Å². The highest BCUT2D eigenvalue weighted by molar-refractivity contribution is 7.89. The molecule has 0 spiro atoms. The van der Waals surface area contributed by atoms with Crippen LogP contribution in [0.3, 0.4) is 0 Å². The van der Waals surface area contributed by atoms with Gasteiger partial charge in [0.2, 0.25) is 10.0 Å². The summed E-state index contributed by atoms with van der Waals surface area (Å²) in [5.74, 6) is 0.927. The first-order chi connectivity index (χ1) is 17.0. The van der Waals surface area contributed by atoms with Crippen LogP contribution in [0.4, 0.5) is 0 Å². The molecule has 1 fully saturated rings. The number of ether oxygens (including phenoxy) is 1. The Balaban J connectivity index is 1.54. The fourth-order valence-corrected chi connectivity index (χ4v) is 5.69. The maximum atomic E-state index is 12.3. The number of hydrogen-bond acceptors (Lipinski definition) is 5. The number of methoxy groups -OCH3 is 1. The number of aromatic nitrogens is 2. The molecule has 0 radical (unpaired) electrons. The second-order valence-electron chi connectivity index (χ2n) is 8.73. The van der Waals surface area contributed by atoms with Gasteiger partial charge in [-0.1, -0.05) is 42.5 Å². The molecule has 8 heteroatoms. The zero-order valence-corrected chi connectivity index (χ0v) is 20.9. The van der Waals surface area contributed by atoms with Crippen LogP contribution in [0.15, 0.2) is 72.9 Å². The lowest BCUT2D eigenvalue weighted by molar-refractivity contribution is 0.180. The molecule has 0 atom stereocenters. The van der Waals surface area contributed by atoms with E-state index in [9.17, 15) is 8.42 Å². The largest absolute Gasteiger partial charge is 0.497 e. The van der Waals surface area contributed by atoms with E-state index in [2.05, 4.69) is 45.8 Å². The summed E-state index contributed by atoms with van der Waals surface area (Å²) in [6.45, 7) is 4.76. The van der Waals surface area contributed by atoms with Gasteiger partial charge < -0.3 is 9.14 Å². The third kappa shape index (κ3) is 4.82. The number of nitrogens with zero attached hydrogens (tertiary/aromatic N) is 4. The maximum absolute atomic E-state index is 12.3. The maximum Gasteiger partial charge on any atom is 0.213 e. The Kier molecular flexibility index (Phi) is 6.60. The predicted octanol–water partition coefficient (Wildman–Crippen LogP) is 4.14. The molecule has 182 valence electrons. The molecule has 0 saturated carbocycles. The standard InChI is InChI=1S/C27H30N4O3S/c1-3-35(32,33)30-16-14-29(15-17-30)20-25-27(22-10-7-11-24(18-22)34-2)28-26-13-12-23(19-31(25)26)21-8-5-4-6-9-21/h4-13,18-19H,3,14-17,20H2,1-2H3. The minimum Gasteiger partial charge on any atom is -0.497 e. The van der Waals surface area contributed by atoms with Crippen LogP contribution in [0.2, 0.25) is 0 Å². The van der Waals surface area contributed by atoms with Gasteiger partial charge >= 0.3 is 0 Å². The van der Waals surface area contributed by atoms with Gasteiger partial charge in [0.25, 0.3) is 0 Å². The lowest BCUT2D eigenvalue weighted by atomic mass is 10.1. The summed E-state index contributed by atoms with van der Waals surface area (Å²) < 4.78 is 33.9. The summed E-state index contributed by atoms with van der Waals surface area (Å²) in [7, 11) is -1.49. The Labute approximate surface area is 206 Å². The lowest BCUT2D eigenvalue weighted by Crippen LogP contribution is -2.48. The molecule has 0 N–H and O–H groups in total. The predicted molar refractivity (Wildman–Crippen MR) is 139 cm³/mol. The molecule has 2 aromatic heterocycles. The number of pyridine rings is 1. The van der Waals surface area contributed by atoms with Crippen molar-refractivity contribution in [2.75, 3.05) is 39.0 Å². The van der Waals surface area contributed by atoms with E-state index >= 15 is 0 Å². The molecule has 4 aromatic rings. The topological polar surface area (TPSA) is 67.2 Å². The molecule has 0 amide bonds. The molecule has 35 heavy (non-hydrogen) atoms. The fourth-order valence-electron chi connectivity index (χ4n) is 4.61. The monoisotopic (exact) mass is 490 g/mol. The van der Waals surface area contributed by atoms with Crippen molar-refractivity contribution in [3.63, 3.8) is 0 Å². The summed E-state index contributed by atoms with van der Waals surface area (Å²) in [5.41, 5.74) is 6.14. The normalized spacial score (nSPS) is 15.5. The van der Waals surface area contributed by atoms with Crippen LogP contribution in [0.25, 0.3) is 28.0 Å². The summed E-state index contributed by atoms with van der Waals surface area (Å²) in [4.78, 5) is 7.31. The highest BCUT2D eigenvalue weighted by Crippen LogP contribution is 2.30. The zero-order chi connectivity index (χ0) is 24.4. The number of rotatable bonds is 7. The van der Waals surface area contributed by atoms with E-state index in [-0.39, 0.29) is 5.75 Å². The number of fused-ring (bicyclic) bond motifs is 1. The van der Waals surface area contributed by atoms with Crippen molar-refractivity contribution in [1.82, 2.24) is 18.6 Å². The van der Waals surface area contributed by atoms with E-state index in [1.165, 1.54) is 0 Å². The van der Waals surface area contributed by atoms with Gasteiger partial charge in [0, 0.05) is 44.5 Å². The molecule has 0 bridgehead atoms. The second-order valence-corrected chi connectivity index (χ2v) is 11.0. The molecule has 1 aliphatic rings. The van der Waals surface area contributed by atoms with Crippen molar-refractivity contribution in [2.45, 2.75) is 13.5 Å². The van der Waals surface area contributed by atoms with Crippen molar-refractivity contribution in [3.05, 3.63) is 78.6 Å². The summed E-state index contributed by atoms with van der Waals surface area (Å²) in [5, 5.41) is 0. The van der Waals surface area contributed by atoms with E-state index in [1.54, 1.807) is 18.3 Å². The van der Waals surface area contributed by atoms with Crippen molar-refractivity contribution >= 4 is 15.7 Å². The summed E-state index contributed by atoms with van der Waals surface area (Å²) >= 11 is 0. The van der Waals surface area contributed by atoms with Gasteiger partial charge in [-0.15, -0.1) is 0 Å². The average molecular weight is 491 g/mol. The minimum absolute atomic E-state index is 0.141. The Morgan fingerprint density at radius 1 is 0.886 bits per heavy atom. The van der Waals surface area contributed by atoms with Crippen molar-refractivity contribution in [3.8, 4) is 28.1 Å². The molecule has 3 heterocycles. The number of benzene rings is 2. The van der Waals surface area contributed by atoms with Gasteiger partial charge in [0.1, 0.15) is 11.4 Å². The number of hydrogen-bond donors (Lipinski definition) is 0. The van der Waals surface area contributed by atoms with Crippen molar-refractivity contribution in [1.29, 1.82) is 0 Å². The minimum atomic E-state index is -3.16. The van der Waals surface area contributed by atoms with Gasteiger partial charge in [-0.3, -0.25) is 4.90 Å². The van der Waals surface area contributed by atoms with Gasteiger partial charge in [-0.25, -0.2) is 13.4 Å². The molecule has 0 unspecified atom stereocenters. The van der Waals surface area contributed by atoms with Crippen LogP contribution >= 0.6 is 0 Å². The number of sulfonamides is 1. The van der Waals surface area contributed by atoms with Gasteiger partial charge in [0.05, 0.1) is 24.3 Å². The fraction of sp³-hybridized carbons (Fsp3) is 0.296. The zero-order valence-electron chi connectivity index (χ0n) is 20.1. The van der Waals surface area contributed by atoms with Crippen LogP contribution in [0.5, 0.6) is 5.75 Å². The van der Waals surface area contributed by atoms with Crippen LogP contribution in [0.1, 0.15) is 12.6 Å². The summed E-state index contributed by atoms with van der Waals surface area (Å²) in [6, 6.07) is 22.4. The molecular formula is C27H30N4O3S. The molecule has 0 aliphatic carbocycles. The van der Waals surface area contributed by atoms with Gasteiger partial charge in [-0.05, 0) is 42.3 Å². The van der Waals surface area contributed by atoms with E-state index in [0.717, 1.165) is 39.5 Å². The third-order valence-electron chi connectivity index (χ3n) is 6.63. The van der Waals surface area contributed by atoms with Crippen LogP contribution in [-0.4, -0.2) is 66.0 Å². The summed E-state index contributed by atoms with van der Waals surface area (Å²) in [6.07, 6.45) is 2.15. The van der Waals surface area contributed by atoms with E-state index in [4.69, 9.17) is 9.72 Å². The van der Waals surface area contributed by atoms with E-state index < -0.39 is 10.0 Å².